The molecule has 0 radical (unpaired) electrons. The van der Waals surface area contributed by atoms with Gasteiger partial charge in [-0.2, -0.15) is 0 Å². The third-order valence-electron chi connectivity index (χ3n) is 4.55. The number of pyridine rings is 1. The molecule has 0 saturated heterocycles. The van der Waals surface area contributed by atoms with Crippen LogP contribution in [-0.2, 0) is 6.42 Å². The molecule has 5 heteroatoms. The van der Waals surface area contributed by atoms with E-state index in [-0.39, 0.29) is 11.9 Å². The molecule has 0 fully saturated rings. The summed E-state index contributed by atoms with van der Waals surface area (Å²) in [6.45, 7) is 3.79. The number of hydrogen-bond acceptors (Lipinski definition) is 4. The lowest BCUT2D eigenvalue weighted by atomic mass is 10.0. The van der Waals surface area contributed by atoms with Crippen LogP contribution in [0.4, 0.5) is 0 Å². The van der Waals surface area contributed by atoms with E-state index in [1.54, 1.807) is 24.6 Å². The summed E-state index contributed by atoms with van der Waals surface area (Å²) < 4.78 is 5.48. The summed E-state index contributed by atoms with van der Waals surface area (Å²) >= 11 is 0. The van der Waals surface area contributed by atoms with Crippen LogP contribution in [0.15, 0.2) is 47.2 Å². The Bertz CT molecular complexity index is 946. The number of nitrogens with one attached hydrogen (secondary N) is 1. The third kappa shape index (κ3) is 3.05. The predicted molar refractivity (Wildman–Crippen MR) is 94.2 cm³/mol. The molecule has 0 unspecified atom stereocenters. The second kappa shape index (κ2) is 6.16. The molecular formula is C20H19N3O2. The highest BCUT2D eigenvalue weighted by atomic mass is 16.3. The number of aryl methyl sites for hydroxylation is 3. The molecule has 1 aliphatic carbocycles. The Kier molecular flexibility index (Phi) is 3.84. The summed E-state index contributed by atoms with van der Waals surface area (Å²) in [4.78, 5) is 21.0. The zero-order valence-corrected chi connectivity index (χ0v) is 14.2. The molecule has 2 heterocycles. The number of fused-ring (bicyclic) bond motifs is 1. The molecule has 1 atom stereocenters. The third-order valence-corrected chi connectivity index (χ3v) is 4.55. The van der Waals surface area contributed by atoms with Gasteiger partial charge in [0.1, 0.15) is 6.26 Å². The Labute approximate surface area is 146 Å². The lowest BCUT2D eigenvalue weighted by Gasteiger charge is -2.14. The molecule has 0 spiro atoms. The second-order valence-electron chi connectivity index (χ2n) is 6.46. The minimum absolute atomic E-state index is 0.0383. The Morgan fingerprint density at radius 1 is 1.20 bits per heavy atom. The average Bonchev–Trinajstić information content (AvgIpc) is 3.21. The van der Waals surface area contributed by atoms with E-state index in [0.717, 1.165) is 29.8 Å². The van der Waals surface area contributed by atoms with Crippen molar-refractivity contribution in [2.45, 2.75) is 32.7 Å². The SMILES string of the molecule is Cc1cc(C(=O)N[C@@H]2CCc3cc(-c4nc(C)co4)ccc32)ccn1. The highest BCUT2D eigenvalue weighted by Crippen LogP contribution is 2.34. The summed E-state index contributed by atoms with van der Waals surface area (Å²) in [5.74, 6) is 0.579. The van der Waals surface area contributed by atoms with Crippen molar-refractivity contribution in [1.29, 1.82) is 0 Å². The number of carbonyl (C=O) groups excluding carboxylic acids is 1. The van der Waals surface area contributed by atoms with Crippen LogP contribution in [0.25, 0.3) is 11.5 Å². The number of benzene rings is 1. The monoisotopic (exact) mass is 333 g/mol. The number of hydrogen-bond donors (Lipinski definition) is 1. The minimum atomic E-state index is -0.0595. The van der Waals surface area contributed by atoms with Gasteiger partial charge in [0.05, 0.1) is 11.7 Å². The fourth-order valence-electron chi connectivity index (χ4n) is 3.32. The van der Waals surface area contributed by atoms with Crippen LogP contribution >= 0.6 is 0 Å². The average molecular weight is 333 g/mol. The molecule has 1 aromatic carbocycles. The molecule has 0 bridgehead atoms. The quantitative estimate of drug-likeness (QED) is 0.792. The van der Waals surface area contributed by atoms with E-state index in [9.17, 15) is 4.79 Å². The van der Waals surface area contributed by atoms with Crippen molar-refractivity contribution < 1.29 is 9.21 Å². The van der Waals surface area contributed by atoms with E-state index in [1.165, 1.54) is 11.1 Å². The number of aromatic nitrogens is 2. The van der Waals surface area contributed by atoms with Gasteiger partial charge in [-0.3, -0.25) is 9.78 Å². The predicted octanol–water partition coefficient (Wildman–Crippen LogP) is 3.77. The van der Waals surface area contributed by atoms with Gasteiger partial charge in [-0.05, 0) is 62.1 Å². The van der Waals surface area contributed by atoms with Crippen LogP contribution in [0.1, 0.15) is 45.3 Å². The van der Waals surface area contributed by atoms with Gasteiger partial charge in [-0.15, -0.1) is 0 Å². The van der Waals surface area contributed by atoms with E-state index in [1.807, 2.05) is 19.9 Å². The van der Waals surface area contributed by atoms with Crippen molar-refractivity contribution >= 4 is 5.91 Å². The Morgan fingerprint density at radius 3 is 2.84 bits per heavy atom. The van der Waals surface area contributed by atoms with Crippen LogP contribution in [0, 0.1) is 13.8 Å². The van der Waals surface area contributed by atoms with E-state index in [4.69, 9.17) is 4.42 Å². The first kappa shape index (κ1) is 15.6. The molecule has 3 aromatic rings. The van der Waals surface area contributed by atoms with Crippen molar-refractivity contribution in [3.63, 3.8) is 0 Å². The van der Waals surface area contributed by atoms with Crippen LogP contribution < -0.4 is 5.32 Å². The first-order valence-corrected chi connectivity index (χ1v) is 8.39. The van der Waals surface area contributed by atoms with Crippen LogP contribution in [-0.4, -0.2) is 15.9 Å². The number of amides is 1. The summed E-state index contributed by atoms with van der Waals surface area (Å²) in [6.07, 6.45) is 5.15. The fourth-order valence-corrected chi connectivity index (χ4v) is 3.32. The van der Waals surface area contributed by atoms with Crippen LogP contribution in [0.2, 0.25) is 0 Å². The van der Waals surface area contributed by atoms with Crippen molar-refractivity contribution in [2.24, 2.45) is 0 Å². The van der Waals surface area contributed by atoms with Gasteiger partial charge in [0.15, 0.2) is 0 Å². The Morgan fingerprint density at radius 2 is 2.08 bits per heavy atom. The largest absolute Gasteiger partial charge is 0.444 e. The molecule has 1 N–H and O–H groups in total. The summed E-state index contributed by atoms with van der Waals surface area (Å²) in [5, 5.41) is 3.14. The maximum atomic E-state index is 12.5. The maximum absolute atomic E-state index is 12.5. The molecule has 2 aromatic heterocycles. The molecule has 1 aliphatic rings. The number of rotatable bonds is 3. The van der Waals surface area contributed by atoms with Crippen LogP contribution in [0.5, 0.6) is 0 Å². The van der Waals surface area contributed by atoms with E-state index < -0.39 is 0 Å². The van der Waals surface area contributed by atoms with Gasteiger partial charge in [-0.1, -0.05) is 6.07 Å². The molecular weight excluding hydrogens is 314 g/mol. The topological polar surface area (TPSA) is 68.0 Å². The first-order chi connectivity index (χ1) is 12.1. The zero-order chi connectivity index (χ0) is 17.4. The van der Waals surface area contributed by atoms with Gasteiger partial charge >= 0.3 is 0 Å². The Balaban J connectivity index is 1.55. The van der Waals surface area contributed by atoms with Gasteiger partial charge in [0, 0.05) is 23.0 Å². The molecule has 5 nitrogen and oxygen atoms in total. The van der Waals surface area contributed by atoms with Crippen molar-refractivity contribution in [1.82, 2.24) is 15.3 Å². The second-order valence-corrected chi connectivity index (χ2v) is 6.46. The highest BCUT2D eigenvalue weighted by Gasteiger charge is 2.25. The summed E-state index contributed by atoms with van der Waals surface area (Å²) in [6, 6.07) is 9.77. The lowest BCUT2D eigenvalue weighted by Crippen LogP contribution is -2.27. The molecule has 0 saturated carbocycles. The van der Waals surface area contributed by atoms with E-state index in [0.29, 0.717) is 11.5 Å². The number of carbonyl (C=O) groups is 1. The highest BCUT2D eigenvalue weighted by molar-refractivity contribution is 5.94. The maximum Gasteiger partial charge on any atom is 0.251 e. The number of oxazole rings is 1. The zero-order valence-electron chi connectivity index (χ0n) is 14.2. The van der Waals surface area contributed by atoms with Gasteiger partial charge in [0.25, 0.3) is 5.91 Å². The van der Waals surface area contributed by atoms with Crippen LogP contribution in [0.3, 0.4) is 0 Å². The van der Waals surface area contributed by atoms with Crippen molar-refractivity contribution in [2.75, 3.05) is 0 Å². The summed E-state index contributed by atoms with van der Waals surface area (Å²) in [5.41, 5.74) is 5.74. The van der Waals surface area contributed by atoms with E-state index >= 15 is 0 Å². The van der Waals surface area contributed by atoms with E-state index in [2.05, 4.69) is 27.4 Å². The lowest BCUT2D eigenvalue weighted by molar-refractivity contribution is 0.0936. The first-order valence-electron chi connectivity index (χ1n) is 8.39. The standard InChI is InChI=1S/C20H19N3O2/c1-12-9-15(7-8-21-12)19(24)23-18-6-4-14-10-16(3-5-17(14)18)20-22-13(2)11-25-20/h3,5,7-11,18H,4,6H2,1-2H3,(H,23,24)/t18-/m1/s1. The Hall–Kier alpha value is -2.95. The van der Waals surface area contributed by atoms with Gasteiger partial charge < -0.3 is 9.73 Å². The number of nitrogens with zero attached hydrogens (tertiary/aromatic N) is 2. The fraction of sp³-hybridized carbons (Fsp3) is 0.250. The van der Waals surface area contributed by atoms with Crippen molar-refractivity contribution in [3.05, 3.63) is 70.9 Å². The molecule has 4 rings (SSSR count). The normalized spacial score (nSPS) is 15.8. The molecule has 0 aliphatic heterocycles. The molecule has 126 valence electrons. The summed E-state index contributed by atoms with van der Waals surface area (Å²) in [7, 11) is 0. The van der Waals surface area contributed by atoms with Gasteiger partial charge in [-0.25, -0.2) is 4.98 Å². The van der Waals surface area contributed by atoms with Gasteiger partial charge in [0.2, 0.25) is 5.89 Å². The minimum Gasteiger partial charge on any atom is -0.444 e. The molecule has 25 heavy (non-hydrogen) atoms. The van der Waals surface area contributed by atoms with Crippen molar-refractivity contribution in [3.8, 4) is 11.5 Å². The molecule has 1 amide bonds. The smallest absolute Gasteiger partial charge is 0.251 e.